The second-order valence-electron chi connectivity index (χ2n) is 19.6. The van der Waals surface area contributed by atoms with Crippen molar-refractivity contribution in [1.82, 2.24) is 0 Å². The van der Waals surface area contributed by atoms with Crippen molar-refractivity contribution >= 4 is 17.1 Å². The van der Waals surface area contributed by atoms with Crippen LogP contribution in [0.2, 0.25) is 0 Å². The molecular weight excluding hydrogens is 855 g/mol. The van der Waals surface area contributed by atoms with Crippen molar-refractivity contribution in [2.75, 3.05) is 4.90 Å². The van der Waals surface area contributed by atoms with Crippen LogP contribution in [0.1, 0.15) is 47.2 Å². The van der Waals surface area contributed by atoms with E-state index in [9.17, 15) is 0 Å². The summed E-state index contributed by atoms with van der Waals surface area (Å²) < 4.78 is 0. The van der Waals surface area contributed by atoms with Gasteiger partial charge in [-0.1, -0.05) is 232 Å². The third-order valence-corrected chi connectivity index (χ3v) is 15.4. The number of rotatable bonds is 9. The molecule has 0 radical (unpaired) electrons. The first-order chi connectivity index (χ1) is 35.0. The molecule has 11 aromatic rings. The summed E-state index contributed by atoms with van der Waals surface area (Å²) in [5.74, 6) is 0. The van der Waals surface area contributed by atoms with Crippen LogP contribution in [0.25, 0.3) is 66.8 Å². The Morgan fingerprint density at radius 3 is 1.28 bits per heavy atom. The Morgan fingerprint density at radius 1 is 0.254 bits per heavy atom. The van der Waals surface area contributed by atoms with E-state index in [1.54, 1.807) is 0 Å². The zero-order valence-electron chi connectivity index (χ0n) is 39.9. The first-order valence-electron chi connectivity index (χ1n) is 24.8. The first-order valence-corrected chi connectivity index (χ1v) is 24.8. The average molecular weight is 906 g/mol. The number of benzene rings is 11. The molecule has 336 valence electrons. The number of hydrogen-bond donors (Lipinski definition) is 0. The summed E-state index contributed by atoms with van der Waals surface area (Å²) in [5, 5.41) is 0. The molecule has 0 aromatic heterocycles. The monoisotopic (exact) mass is 905 g/mol. The van der Waals surface area contributed by atoms with Crippen LogP contribution in [-0.2, 0) is 10.8 Å². The molecule has 2 aliphatic carbocycles. The number of hydrogen-bond acceptors (Lipinski definition) is 1. The molecule has 0 atom stereocenters. The van der Waals surface area contributed by atoms with Gasteiger partial charge >= 0.3 is 0 Å². The standard InChI is InChI=1S/C70H51N/c1-69(2)64-31-19-18-30-60(64)61-42-41-59(47-66(61)69)71(57-37-32-50(33-38-57)48-20-8-3-9-21-48)58-39-34-51(35-40-58)54-45-62(52-24-12-5-13-25-52)68-63-44-53(49-22-10-4-11-23-49)36-43-65(63)70(67(68)46-54,55-26-14-6-15-27-55)56-28-16-7-17-29-56/h3-47H,1-2H3. The van der Waals surface area contributed by atoms with Crippen molar-refractivity contribution in [3.05, 3.63) is 306 Å². The molecule has 0 fully saturated rings. The highest BCUT2D eigenvalue weighted by Crippen LogP contribution is 2.60. The van der Waals surface area contributed by atoms with Crippen LogP contribution in [0.15, 0.2) is 273 Å². The van der Waals surface area contributed by atoms with Gasteiger partial charge in [0, 0.05) is 22.5 Å². The fourth-order valence-corrected chi connectivity index (χ4v) is 12.0. The normalized spacial score (nSPS) is 13.4. The molecule has 0 spiro atoms. The van der Waals surface area contributed by atoms with Crippen LogP contribution in [0.4, 0.5) is 17.1 Å². The fraction of sp³-hybridized carbons (Fsp3) is 0.0571. The average Bonchev–Trinajstić information content (AvgIpc) is 3.87. The van der Waals surface area contributed by atoms with E-state index in [-0.39, 0.29) is 5.41 Å². The lowest BCUT2D eigenvalue weighted by molar-refractivity contribution is 0.660. The van der Waals surface area contributed by atoms with E-state index in [1.165, 1.54) is 94.6 Å². The van der Waals surface area contributed by atoms with Gasteiger partial charge in [0.05, 0.1) is 5.41 Å². The summed E-state index contributed by atoms with van der Waals surface area (Å²) in [6.07, 6.45) is 0. The van der Waals surface area contributed by atoms with Gasteiger partial charge in [-0.25, -0.2) is 0 Å². The van der Waals surface area contributed by atoms with Crippen molar-refractivity contribution in [2.24, 2.45) is 0 Å². The molecule has 1 heteroatoms. The molecule has 0 N–H and O–H groups in total. The zero-order valence-corrected chi connectivity index (χ0v) is 39.9. The summed E-state index contributed by atoms with van der Waals surface area (Å²) in [5.41, 5.74) is 25.2. The van der Waals surface area contributed by atoms with Gasteiger partial charge in [0.15, 0.2) is 0 Å². The van der Waals surface area contributed by atoms with Crippen LogP contribution < -0.4 is 4.90 Å². The van der Waals surface area contributed by atoms with Crippen molar-refractivity contribution in [2.45, 2.75) is 24.7 Å². The van der Waals surface area contributed by atoms with Crippen LogP contribution >= 0.6 is 0 Å². The van der Waals surface area contributed by atoms with E-state index in [0.717, 1.165) is 22.6 Å². The van der Waals surface area contributed by atoms with E-state index in [0.29, 0.717) is 0 Å². The van der Waals surface area contributed by atoms with Gasteiger partial charge in [0.2, 0.25) is 0 Å². The minimum atomic E-state index is -0.578. The molecule has 0 heterocycles. The van der Waals surface area contributed by atoms with Gasteiger partial charge in [0.25, 0.3) is 0 Å². The molecule has 0 unspecified atom stereocenters. The number of anilines is 3. The maximum absolute atomic E-state index is 2.50. The highest BCUT2D eigenvalue weighted by atomic mass is 15.1. The molecule has 11 aromatic carbocycles. The zero-order chi connectivity index (χ0) is 47.5. The molecule has 71 heavy (non-hydrogen) atoms. The molecule has 13 rings (SSSR count). The van der Waals surface area contributed by atoms with Crippen LogP contribution in [0.3, 0.4) is 0 Å². The van der Waals surface area contributed by atoms with Crippen molar-refractivity contribution in [1.29, 1.82) is 0 Å². The predicted octanol–water partition coefficient (Wildman–Crippen LogP) is 18.5. The largest absolute Gasteiger partial charge is 0.310 e. The predicted molar refractivity (Wildman–Crippen MR) is 298 cm³/mol. The third-order valence-electron chi connectivity index (χ3n) is 15.4. The van der Waals surface area contributed by atoms with E-state index < -0.39 is 5.41 Å². The molecule has 0 aliphatic heterocycles. The smallest absolute Gasteiger partial charge is 0.0714 e. The SMILES string of the molecule is CC1(C)c2ccccc2-c2ccc(N(c3ccc(-c4ccccc4)cc3)c3ccc(-c4cc(-c5ccccc5)c5c(c4)C(c4ccccc4)(c4ccccc4)c4ccc(-c6ccccc6)cc4-5)cc3)cc21. The lowest BCUT2D eigenvalue weighted by Gasteiger charge is -2.34. The summed E-state index contributed by atoms with van der Waals surface area (Å²) in [6.45, 7) is 4.72. The van der Waals surface area contributed by atoms with Gasteiger partial charge in [-0.05, 0) is 155 Å². The highest BCUT2D eigenvalue weighted by molar-refractivity contribution is 5.99. The summed E-state index contributed by atoms with van der Waals surface area (Å²) >= 11 is 0. The van der Waals surface area contributed by atoms with Crippen molar-refractivity contribution in [3.63, 3.8) is 0 Å². The molecule has 2 aliphatic rings. The molecule has 0 saturated heterocycles. The van der Waals surface area contributed by atoms with Gasteiger partial charge < -0.3 is 4.90 Å². The van der Waals surface area contributed by atoms with Crippen LogP contribution in [-0.4, -0.2) is 0 Å². The van der Waals surface area contributed by atoms with Gasteiger partial charge in [-0.2, -0.15) is 0 Å². The fourth-order valence-electron chi connectivity index (χ4n) is 12.0. The Hall–Kier alpha value is -8.78. The highest BCUT2D eigenvalue weighted by Gasteiger charge is 2.47. The lowest BCUT2D eigenvalue weighted by Crippen LogP contribution is -2.28. The van der Waals surface area contributed by atoms with Gasteiger partial charge in [0.1, 0.15) is 0 Å². The van der Waals surface area contributed by atoms with Crippen molar-refractivity contribution in [3.8, 4) is 66.8 Å². The Labute approximate surface area is 417 Å². The van der Waals surface area contributed by atoms with E-state index >= 15 is 0 Å². The lowest BCUT2D eigenvalue weighted by atomic mass is 9.67. The topological polar surface area (TPSA) is 3.24 Å². The minimum absolute atomic E-state index is 0.129. The quantitative estimate of drug-likeness (QED) is 0.139. The first kappa shape index (κ1) is 42.3. The third kappa shape index (κ3) is 6.91. The minimum Gasteiger partial charge on any atom is -0.310 e. The van der Waals surface area contributed by atoms with E-state index in [2.05, 4.69) is 292 Å². The maximum atomic E-state index is 2.50. The molecular formula is C70H51N. The Kier molecular flexibility index (Phi) is 10.1. The Balaban J connectivity index is 1.00. The summed E-state index contributed by atoms with van der Waals surface area (Å²) in [4.78, 5) is 2.42. The summed E-state index contributed by atoms with van der Waals surface area (Å²) in [6, 6.07) is 101. The molecule has 1 nitrogen and oxygen atoms in total. The molecule has 0 bridgehead atoms. The number of fused-ring (bicyclic) bond motifs is 6. The summed E-state index contributed by atoms with van der Waals surface area (Å²) in [7, 11) is 0. The second-order valence-corrected chi connectivity index (χ2v) is 19.6. The van der Waals surface area contributed by atoms with Crippen LogP contribution in [0, 0.1) is 0 Å². The van der Waals surface area contributed by atoms with E-state index in [1.807, 2.05) is 0 Å². The molecule has 0 saturated carbocycles. The Morgan fingerprint density at radius 2 is 0.690 bits per heavy atom. The van der Waals surface area contributed by atoms with Gasteiger partial charge in [-0.3, -0.25) is 0 Å². The number of nitrogens with zero attached hydrogens (tertiary/aromatic N) is 1. The molecule has 0 amide bonds. The maximum Gasteiger partial charge on any atom is 0.0714 e. The van der Waals surface area contributed by atoms with E-state index in [4.69, 9.17) is 0 Å². The second kappa shape index (κ2) is 17.0. The van der Waals surface area contributed by atoms with Gasteiger partial charge in [-0.15, -0.1) is 0 Å². The Bertz CT molecular complexity index is 3690. The van der Waals surface area contributed by atoms with Crippen LogP contribution in [0.5, 0.6) is 0 Å². The van der Waals surface area contributed by atoms with Crippen molar-refractivity contribution < 1.29 is 0 Å².